The Morgan fingerprint density at radius 3 is 2.79 bits per heavy atom. The topological polar surface area (TPSA) is 156 Å². The first-order valence-electron chi connectivity index (χ1n) is 8.82. The molecule has 0 radical (unpaired) electrons. The Balaban J connectivity index is 2.05. The number of nitrogens with zero attached hydrogens (tertiary/aromatic N) is 4. The Hall–Kier alpha value is -2.61. The summed E-state index contributed by atoms with van der Waals surface area (Å²) in [6.07, 6.45) is -3.05. The molecular weight excluding hydrogens is 364 g/mol. The number of aliphatic hydroxyl groups is 2. The van der Waals surface area contributed by atoms with Gasteiger partial charge in [0.2, 0.25) is 5.60 Å². The maximum Gasteiger partial charge on any atom is 0.307 e. The third-order valence-corrected chi connectivity index (χ3v) is 4.91. The standard InChI is InChI=1S/C16H21B2N5O5/c1-7(2)14(26)28-16(17,18)12-10(24)11(25)15(5-19,27-12)9-4-3-8-13(20)21-6-22-23(8)9/h3-4,6-7,10-12,24-25H,17-18H2,1-2H3,(H2,20,21,22)/t10-,11+,12?,15-/m0/s1. The van der Waals surface area contributed by atoms with Gasteiger partial charge in [-0.2, -0.15) is 10.4 Å². The highest BCUT2D eigenvalue weighted by Gasteiger charge is 2.61. The molecule has 1 fully saturated rings. The summed E-state index contributed by atoms with van der Waals surface area (Å²) in [5, 5.41) is 34.1. The number of carbonyl (C=O) groups excluding carboxylic acids is 1. The summed E-state index contributed by atoms with van der Waals surface area (Å²) in [6.45, 7) is 3.35. The van der Waals surface area contributed by atoms with Gasteiger partial charge in [-0.25, -0.2) is 9.50 Å². The number of nitriles is 1. The monoisotopic (exact) mass is 385 g/mol. The van der Waals surface area contributed by atoms with Crippen molar-refractivity contribution >= 4 is 33.0 Å². The molecule has 0 saturated carbocycles. The number of rotatable bonds is 4. The van der Waals surface area contributed by atoms with Crippen LogP contribution in [-0.4, -0.2) is 70.2 Å². The van der Waals surface area contributed by atoms with Crippen LogP contribution in [0.1, 0.15) is 19.5 Å². The van der Waals surface area contributed by atoms with Gasteiger partial charge in [0.1, 0.15) is 36.2 Å². The fraction of sp³-hybridized carbons (Fsp3) is 0.500. The lowest BCUT2D eigenvalue weighted by atomic mass is 9.60. The van der Waals surface area contributed by atoms with Gasteiger partial charge >= 0.3 is 5.97 Å². The van der Waals surface area contributed by atoms with Crippen molar-refractivity contribution in [2.24, 2.45) is 5.92 Å². The largest absolute Gasteiger partial charge is 0.475 e. The molecule has 3 heterocycles. The van der Waals surface area contributed by atoms with E-state index in [4.69, 9.17) is 15.2 Å². The SMILES string of the molecule is BC(B)(OC(=O)C(C)C)C1O[C@@](C#N)(c2ccc3c(N)ncnn23)[C@H](O)[C@@H]1O. The van der Waals surface area contributed by atoms with E-state index >= 15 is 0 Å². The summed E-state index contributed by atoms with van der Waals surface area (Å²) < 4.78 is 12.7. The second kappa shape index (κ2) is 6.77. The van der Waals surface area contributed by atoms with E-state index in [9.17, 15) is 20.3 Å². The van der Waals surface area contributed by atoms with Gasteiger partial charge in [0, 0.05) is 0 Å². The Labute approximate surface area is 163 Å². The van der Waals surface area contributed by atoms with Crippen molar-refractivity contribution in [3.8, 4) is 6.07 Å². The predicted molar refractivity (Wildman–Crippen MR) is 102 cm³/mol. The zero-order valence-corrected chi connectivity index (χ0v) is 16.0. The predicted octanol–water partition coefficient (Wildman–Crippen LogP) is -2.73. The number of aromatic nitrogens is 3. The van der Waals surface area contributed by atoms with Crippen LogP contribution >= 0.6 is 0 Å². The van der Waals surface area contributed by atoms with E-state index in [-0.39, 0.29) is 11.5 Å². The summed E-state index contributed by atoms with van der Waals surface area (Å²) in [5.41, 5.74) is 4.49. The van der Waals surface area contributed by atoms with Crippen molar-refractivity contribution in [2.45, 2.75) is 43.2 Å². The average molecular weight is 385 g/mol. The van der Waals surface area contributed by atoms with Crippen LogP contribution in [0.15, 0.2) is 18.5 Å². The lowest BCUT2D eigenvalue weighted by Gasteiger charge is -2.34. The molecule has 0 aromatic carbocycles. The minimum Gasteiger partial charge on any atom is -0.475 e. The maximum atomic E-state index is 12.1. The van der Waals surface area contributed by atoms with Crippen LogP contribution in [0.25, 0.3) is 5.52 Å². The number of nitrogen functional groups attached to an aromatic ring is 1. The number of hydrogen-bond donors (Lipinski definition) is 3. The van der Waals surface area contributed by atoms with Gasteiger partial charge in [-0.3, -0.25) is 4.79 Å². The molecule has 0 aliphatic carbocycles. The Kier molecular flexibility index (Phi) is 4.87. The summed E-state index contributed by atoms with van der Waals surface area (Å²) >= 11 is 0. The van der Waals surface area contributed by atoms with Crippen LogP contribution in [0.4, 0.5) is 5.82 Å². The van der Waals surface area contributed by atoms with Gasteiger partial charge in [-0.1, -0.05) is 13.8 Å². The Morgan fingerprint density at radius 2 is 2.18 bits per heavy atom. The summed E-state index contributed by atoms with van der Waals surface area (Å²) in [5.74, 6) is -0.693. The van der Waals surface area contributed by atoms with Crippen LogP contribution in [-0.2, 0) is 19.9 Å². The van der Waals surface area contributed by atoms with Gasteiger partial charge in [-0.05, 0) is 12.1 Å². The third kappa shape index (κ3) is 2.92. The lowest BCUT2D eigenvalue weighted by Crippen LogP contribution is -2.53. The van der Waals surface area contributed by atoms with E-state index < -0.39 is 41.2 Å². The molecule has 3 rings (SSSR count). The van der Waals surface area contributed by atoms with E-state index in [2.05, 4.69) is 10.1 Å². The number of nitrogens with two attached hydrogens (primary N) is 1. The van der Waals surface area contributed by atoms with E-state index in [0.29, 0.717) is 5.52 Å². The van der Waals surface area contributed by atoms with Gasteiger partial charge in [0.15, 0.2) is 21.5 Å². The minimum atomic E-state index is -1.95. The number of carbonyl (C=O) groups is 1. The highest BCUT2D eigenvalue weighted by molar-refractivity contribution is 6.40. The number of hydrogen-bond acceptors (Lipinski definition) is 9. The van der Waals surface area contributed by atoms with Crippen molar-refractivity contribution in [2.75, 3.05) is 5.73 Å². The molecule has 0 bridgehead atoms. The molecule has 12 heteroatoms. The fourth-order valence-corrected chi connectivity index (χ4v) is 3.33. The Morgan fingerprint density at radius 1 is 1.50 bits per heavy atom. The molecular formula is C16H21B2N5O5. The molecule has 0 amide bonds. The second-order valence-corrected chi connectivity index (χ2v) is 7.66. The number of fused-ring (bicyclic) bond motifs is 1. The maximum absolute atomic E-state index is 12.1. The molecule has 0 spiro atoms. The molecule has 1 saturated heterocycles. The quantitative estimate of drug-likeness (QED) is 0.376. The molecule has 1 aliphatic rings. The zero-order valence-electron chi connectivity index (χ0n) is 16.0. The highest BCUT2D eigenvalue weighted by atomic mass is 16.6. The molecule has 2 aromatic rings. The average Bonchev–Trinajstić information content (AvgIpc) is 3.17. The molecule has 4 N–H and O–H groups in total. The number of ether oxygens (including phenoxy) is 2. The first-order valence-corrected chi connectivity index (χ1v) is 8.82. The third-order valence-electron chi connectivity index (χ3n) is 4.91. The van der Waals surface area contributed by atoms with Crippen molar-refractivity contribution in [3.05, 3.63) is 24.2 Å². The van der Waals surface area contributed by atoms with Crippen LogP contribution in [0.3, 0.4) is 0 Å². The molecule has 1 unspecified atom stereocenters. The molecule has 28 heavy (non-hydrogen) atoms. The van der Waals surface area contributed by atoms with Gasteiger partial charge < -0.3 is 25.4 Å². The number of anilines is 1. The van der Waals surface area contributed by atoms with Crippen molar-refractivity contribution in [1.82, 2.24) is 14.6 Å². The van der Waals surface area contributed by atoms with Gasteiger partial charge in [-0.15, -0.1) is 0 Å². The number of esters is 1. The smallest absolute Gasteiger partial charge is 0.307 e. The van der Waals surface area contributed by atoms with Crippen LogP contribution in [0.5, 0.6) is 0 Å². The van der Waals surface area contributed by atoms with Crippen LogP contribution in [0.2, 0.25) is 0 Å². The first-order chi connectivity index (χ1) is 13.0. The summed E-state index contributed by atoms with van der Waals surface area (Å²) in [7, 11) is 3.11. The lowest BCUT2D eigenvalue weighted by molar-refractivity contribution is -0.163. The van der Waals surface area contributed by atoms with Crippen LogP contribution in [0, 0.1) is 17.2 Å². The minimum absolute atomic E-state index is 0.180. The molecule has 1 aliphatic heterocycles. The van der Waals surface area contributed by atoms with E-state index in [1.54, 1.807) is 35.6 Å². The first kappa shape index (κ1) is 20.1. The van der Waals surface area contributed by atoms with E-state index in [1.807, 2.05) is 6.07 Å². The highest BCUT2D eigenvalue weighted by Crippen LogP contribution is 2.43. The molecule has 10 nitrogen and oxygen atoms in total. The molecule has 2 aromatic heterocycles. The Bertz CT molecular complexity index is 959. The second-order valence-electron chi connectivity index (χ2n) is 7.66. The molecule has 146 valence electrons. The fourth-order valence-electron chi connectivity index (χ4n) is 3.33. The normalized spacial score (nSPS) is 27.8. The van der Waals surface area contributed by atoms with Gasteiger partial charge in [0.05, 0.1) is 17.0 Å². The number of aliphatic hydroxyl groups excluding tert-OH is 2. The molecule has 4 atom stereocenters. The van der Waals surface area contributed by atoms with Crippen molar-refractivity contribution in [1.29, 1.82) is 5.26 Å². The van der Waals surface area contributed by atoms with E-state index in [0.717, 1.165) is 0 Å². The van der Waals surface area contributed by atoms with Gasteiger partial charge in [0.25, 0.3) is 0 Å². The summed E-state index contributed by atoms with van der Waals surface area (Å²) in [4.78, 5) is 15.9. The zero-order chi connectivity index (χ0) is 20.9. The van der Waals surface area contributed by atoms with Crippen molar-refractivity contribution in [3.63, 3.8) is 0 Å². The van der Waals surface area contributed by atoms with E-state index in [1.165, 1.54) is 16.9 Å². The van der Waals surface area contributed by atoms with Crippen molar-refractivity contribution < 1.29 is 24.5 Å². The summed E-state index contributed by atoms with van der Waals surface area (Å²) in [6, 6.07) is 5.06. The van der Waals surface area contributed by atoms with Crippen LogP contribution < -0.4 is 5.73 Å².